The van der Waals surface area contributed by atoms with Gasteiger partial charge in [-0.1, -0.05) is 30.3 Å². The lowest BCUT2D eigenvalue weighted by molar-refractivity contribution is 0.0600. The lowest BCUT2D eigenvalue weighted by Gasteiger charge is -1.99. The quantitative estimate of drug-likeness (QED) is 0.692. The Balaban J connectivity index is 1.77. The van der Waals surface area contributed by atoms with Crippen molar-refractivity contribution in [2.45, 2.75) is 6.42 Å². The molecule has 0 saturated heterocycles. The number of esters is 1. The first-order valence-corrected chi connectivity index (χ1v) is 6.81. The van der Waals surface area contributed by atoms with Gasteiger partial charge in [-0.15, -0.1) is 10.2 Å². The Morgan fingerprint density at radius 3 is 2.45 bits per heavy atom. The molecule has 1 aromatic heterocycles. The van der Waals surface area contributed by atoms with E-state index in [2.05, 4.69) is 14.9 Å². The van der Waals surface area contributed by atoms with Crippen LogP contribution in [-0.2, 0) is 11.2 Å². The maximum Gasteiger partial charge on any atom is 0.337 e. The molecule has 0 saturated carbocycles. The van der Waals surface area contributed by atoms with E-state index >= 15 is 0 Å². The third-order valence-electron chi connectivity index (χ3n) is 3.22. The van der Waals surface area contributed by atoms with E-state index < -0.39 is 0 Å². The zero-order valence-corrected chi connectivity index (χ0v) is 12.0. The van der Waals surface area contributed by atoms with Crippen molar-refractivity contribution in [1.29, 1.82) is 0 Å². The van der Waals surface area contributed by atoms with E-state index in [9.17, 15) is 4.79 Å². The van der Waals surface area contributed by atoms with Crippen LogP contribution < -0.4 is 0 Å². The van der Waals surface area contributed by atoms with Gasteiger partial charge >= 0.3 is 5.97 Å². The molecule has 2 aromatic carbocycles. The maximum atomic E-state index is 11.4. The molecule has 0 unspecified atom stereocenters. The third kappa shape index (κ3) is 3.03. The van der Waals surface area contributed by atoms with Crippen LogP contribution in [0, 0.1) is 0 Å². The minimum Gasteiger partial charge on any atom is -0.465 e. The predicted molar refractivity (Wildman–Crippen MR) is 80.3 cm³/mol. The van der Waals surface area contributed by atoms with Crippen molar-refractivity contribution < 1.29 is 13.9 Å². The molecule has 0 N–H and O–H groups in total. The number of ether oxygens (including phenoxy) is 1. The van der Waals surface area contributed by atoms with Gasteiger partial charge in [0.1, 0.15) is 0 Å². The fourth-order valence-corrected chi connectivity index (χ4v) is 2.08. The number of nitrogens with zero attached hydrogens (tertiary/aromatic N) is 2. The van der Waals surface area contributed by atoms with Crippen LogP contribution >= 0.6 is 0 Å². The highest BCUT2D eigenvalue weighted by Crippen LogP contribution is 2.20. The van der Waals surface area contributed by atoms with Gasteiger partial charge in [-0.25, -0.2) is 4.79 Å². The van der Waals surface area contributed by atoms with Crippen molar-refractivity contribution >= 4 is 5.97 Å². The second kappa shape index (κ2) is 6.22. The van der Waals surface area contributed by atoms with E-state index in [-0.39, 0.29) is 5.97 Å². The summed E-state index contributed by atoms with van der Waals surface area (Å²) in [7, 11) is 1.35. The van der Waals surface area contributed by atoms with Crippen molar-refractivity contribution in [3.63, 3.8) is 0 Å². The molecule has 5 heteroatoms. The first-order chi connectivity index (χ1) is 10.8. The van der Waals surface area contributed by atoms with E-state index in [1.54, 1.807) is 24.3 Å². The van der Waals surface area contributed by atoms with Crippen LogP contribution in [0.1, 0.15) is 21.8 Å². The van der Waals surface area contributed by atoms with Gasteiger partial charge < -0.3 is 9.15 Å². The first-order valence-electron chi connectivity index (χ1n) is 6.81. The summed E-state index contributed by atoms with van der Waals surface area (Å²) in [6, 6.07) is 16.8. The van der Waals surface area contributed by atoms with Crippen molar-refractivity contribution in [1.82, 2.24) is 10.2 Å². The van der Waals surface area contributed by atoms with Crippen LogP contribution in [0.4, 0.5) is 0 Å². The lowest BCUT2D eigenvalue weighted by Crippen LogP contribution is -2.00. The molecule has 0 bridgehead atoms. The van der Waals surface area contributed by atoms with Crippen LogP contribution in [-0.4, -0.2) is 23.3 Å². The van der Waals surface area contributed by atoms with Crippen LogP contribution in [0.15, 0.2) is 59.0 Å². The van der Waals surface area contributed by atoms with Gasteiger partial charge in [-0.05, 0) is 29.8 Å². The summed E-state index contributed by atoms with van der Waals surface area (Å²) in [4.78, 5) is 11.4. The monoisotopic (exact) mass is 294 g/mol. The van der Waals surface area contributed by atoms with Crippen molar-refractivity contribution in [3.8, 4) is 11.5 Å². The second-order valence-corrected chi connectivity index (χ2v) is 4.73. The van der Waals surface area contributed by atoms with Gasteiger partial charge in [0.05, 0.1) is 19.1 Å². The molecule has 0 radical (unpaired) electrons. The SMILES string of the molecule is COC(=O)c1ccc(-c2nnc(Cc3ccccc3)o2)cc1. The van der Waals surface area contributed by atoms with E-state index in [0.717, 1.165) is 11.1 Å². The summed E-state index contributed by atoms with van der Waals surface area (Å²) in [5, 5.41) is 8.10. The normalized spacial score (nSPS) is 10.4. The zero-order chi connectivity index (χ0) is 15.4. The van der Waals surface area contributed by atoms with Crippen LogP contribution in [0.5, 0.6) is 0 Å². The lowest BCUT2D eigenvalue weighted by atomic mass is 10.1. The molecular formula is C17H14N2O3. The minimum absolute atomic E-state index is 0.373. The Kier molecular flexibility index (Phi) is 3.96. The van der Waals surface area contributed by atoms with Crippen molar-refractivity contribution in [3.05, 3.63) is 71.6 Å². The zero-order valence-electron chi connectivity index (χ0n) is 12.0. The number of carbonyl (C=O) groups excluding carboxylic acids is 1. The average molecular weight is 294 g/mol. The molecule has 0 amide bonds. The molecule has 3 aromatic rings. The van der Waals surface area contributed by atoms with Gasteiger partial charge in [0.25, 0.3) is 0 Å². The molecule has 0 fully saturated rings. The fraction of sp³-hybridized carbons (Fsp3) is 0.118. The Bertz CT molecular complexity index is 764. The summed E-state index contributed by atoms with van der Waals surface area (Å²) >= 11 is 0. The number of hydrogen-bond acceptors (Lipinski definition) is 5. The van der Waals surface area contributed by atoms with E-state index in [0.29, 0.717) is 23.8 Å². The molecule has 110 valence electrons. The Morgan fingerprint density at radius 1 is 1.05 bits per heavy atom. The molecule has 5 nitrogen and oxygen atoms in total. The summed E-state index contributed by atoms with van der Waals surface area (Å²) in [6.45, 7) is 0. The van der Waals surface area contributed by atoms with Crippen molar-refractivity contribution in [2.24, 2.45) is 0 Å². The number of benzene rings is 2. The standard InChI is InChI=1S/C17H14N2O3/c1-21-17(20)14-9-7-13(8-10-14)16-19-18-15(22-16)11-12-5-3-2-4-6-12/h2-10H,11H2,1H3. The number of aromatic nitrogens is 2. The summed E-state index contributed by atoms with van der Waals surface area (Å²) in [5.74, 6) is 0.613. The summed E-state index contributed by atoms with van der Waals surface area (Å²) < 4.78 is 10.3. The highest BCUT2D eigenvalue weighted by atomic mass is 16.5. The molecule has 22 heavy (non-hydrogen) atoms. The largest absolute Gasteiger partial charge is 0.465 e. The highest BCUT2D eigenvalue weighted by Gasteiger charge is 2.11. The molecule has 1 heterocycles. The maximum absolute atomic E-state index is 11.4. The second-order valence-electron chi connectivity index (χ2n) is 4.73. The first kappa shape index (κ1) is 14.0. The van der Waals surface area contributed by atoms with Gasteiger partial charge in [0.15, 0.2) is 0 Å². The number of hydrogen-bond donors (Lipinski definition) is 0. The number of carbonyl (C=O) groups is 1. The molecule has 0 aliphatic heterocycles. The van der Waals surface area contributed by atoms with Crippen LogP contribution in [0.3, 0.4) is 0 Å². The molecule has 0 aliphatic carbocycles. The Morgan fingerprint density at radius 2 is 1.77 bits per heavy atom. The van der Waals surface area contributed by atoms with Gasteiger partial charge in [-0.2, -0.15) is 0 Å². The van der Waals surface area contributed by atoms with Crippen LogP contribution in [0.2, 0.25) is 0 Å². The van der Waals surface area contributed by atoms with Gasteiger partial charge in [0, 0.05) is 5.56 Å². The molecule has 0 spiro atoms. The van der Waals surface area contributed by atoms with E-state index in [1.807, 2.05) is 30.3 Å². The van der Waals surface area contributed by atoms with Crippen LogP contribution in [0.25, 0.3) is 11.5 Å². The van der Waals surface area contributed by atoms with E-state index in [4.69, 9.17) is 4.42 Å². The Hall–Kier alpha value is -2.95. The molecule has 3 rings (SSSR count). The molecular weight excluding hydrogens is 280 g/mol. The smallest absolute Gasteiger partial charge is 0.337 e. The molecule has 0 atom stereocenters. The van der Waals surface area contributed by atoms with E-state index in [1.165, 1.54) is 7.11 Å². The Labute approximate surface area is 127 Å². The summed E-state index contributed by atoms with van der Waals surface area (Å²) in [5.41, 5.74) is 2.36. The van der Waals surface area contributed by atoms with Crippen molar-refractivity contribution in [2.75, 3.05) is 7.11 Å². The van der Waals surface area contributed by atoms with Gasteiger partial charge in [0.2, 0.25) is 11.8 Å². The third-order valence-corrected chi connectivity index (χ3v) is 3.22. The minimum atomic E-state index is -0.373. The highest BCUT2D eigenvalue weighted by molar-refractivity contribution is 5.89. The average Bonchev–Trinajstić information content (AvgIpc) is 3.04. The fourth-order valence-electron chi connectivity index (χ4n) is 2.08. The number of rotatable bonds is 4. The summed E-state index contributed by atoms with van der Waals surface area (Å²) in [6.07, 6.45) is 0.591. The molecule has 0 aliphatic rings. The predicted octanol–water partition coefficient (Wildman–Crippen LogP) is 3.11. The topological polar surface area (TPSA) is 65.2 Å². The van der Waals surface area contributed by atoms with Gasteiger partial charge in [-0.3, -0.25) is 0 Å². The number of methoxy groups -OCH3 is 1.